The van der Waals surface area contributed by atoms with E-state index >= 15 is 0 Å². The van der Waals surface area contributed by atoms with E-state index in [0.29, 0.717) is 0 Å². The van der Waals surface area contributed by atoms with Crippen molar-refractivity contribution < 1.29 is 0 Å². The van der Waals surface area contributed by atoms with E-state index in [9.17, 15) is 0 Å². The Balaban J connectivity index is 1.79. The van der Waals surface area contributed by atoms with E-state index in [2.05, 4.69) is 11.8 Å². The molecule has 2 nitrogen and oxygen atoms in total. The molecular formula is C12H24N2. The summed E-state index contributed by atoms with van der Waals surface area (Å²) in [5.74, 6) is 0.934. The van der Waals surface area contributed by atoms with Crippen molar-refractivity contribution in [2.24, 2.45) is 11.7 Å². The van der Waals surface area contributed by atoms with Crippen molar-refractivity contribution in [2.45, 2.75) is 51.0 Å². The predicted octanol–water partition coefficient (Wildman–Crippen LogP) is 1.99. The van der Waals surface area contributed by atoms with E-state index in [1.807, 2.05) is 0 Å². The van der Waals surface area contributed by atoms with Crippen LogP contribution in [0.3, 0.4) is 0 Å². The molecule has 0 unspecified atom stereocenters. The third-order valence-corrected chi connectivity index (χ3v) is 4.01. The molecule has 2 rings (SSSR count). The molecule has 2 N–H and O–H groups in total. The summed E-state index contributed by atoms with van der Waals surface area (Å²) in [6, 6.07) is 0. The molecule has 0 atom stereocenters. The van der Waals surface area contributed by atoms with Crippen LogP contribution < -0.4 is 5.73 Å². The maximum Gasteiger partial charge on any atom is 0.0283 e. The van der Waals surface area contributed by atoms with Crippen LogP contribution in [0.5, 0.6) is 0 Å². The number of likely N-dealkylation sites (tertiary alicyclic amines) is 1. The molecule has 0 radical (unpaired) electrons. The van der Waals surface area contributed by atoms with Gasteiger partial charge < -0.3 is 10.6 Å². The van der Waals surface area contributed by atoms with Crippen LogP contribution >= 0.6 is 0 Å². The van der Waals surface area contributed by atoms with Crippen molar-refractivity contribution >= 4 is 0 Å². The van der Waals surface area contributed by atoms with E-state index in [1.165, 1.54) is 51.6 Å². The molecular weight excluding hydrogens is 172 g/mol. The first-order valence-electron chi connectivity index (χ1n) is 6.19. The summed E-state index contributed by atoms with van der Waals surface area (Å²) in [4.78, 5) is 2.59. The molecule has 0 spiro atoms. The molecule has 1 saturated heterocycles. The number of piperidine rings is 1. The first-order valence-corrected chi connectivity index (χ1v) is 6.19. The van der Waals surface area contributed by atoms with Crippen molar-refractivity contribution in [3.63, 3.8) is 0 Å². The topological polar surface area (TPSA) is 29.3 Å². The molecule has 0 bridgehead atoms. The second-order valence-electron chi connectivity index (χ2n) is 5.53. The van der Waals surface area contributed by atoms with Gasteiger partial charge in [-0.15, -0.1) is 0 Å². The third-order valence-electron chi connectivity index (χ3n) is 4.01. The summed E-state index contributed by atoms with van der Waals surface area (Å²) in [5.41, 5.74) is 6.55. The van der Waals surface area contributed by atoms with Gasteiger partial charge in [-0.3, -0.25) is 0 Å². The molecule has 1 heterocycles. The largest absolute Gasteiger partial charge is 0.324 e. The zero-order valence-electron chi connectivity index (χ0n) is 9.47. The van der Waals surface area contributed by atoms with E-state index < -0.39 is 0 Å². The maximum atomic E-state index is 6.38. The summed E-state index contributed by atoms with van der Waals surface area (Å²) in [6.45, 7) is 6.07. The normalized spacial score (nSPS) is 29.6. The average molecular weight is 196 g/mol. The fraction of sp³-hybridized carbons (Fsp3) is 1.00. The fourth-order valence-electron chi connectivity index (χ4n) is 2.90. The Morgan fingerprint density at radius 2 is 1.79 bits per heavy atom. The molecule has 2 heteroatoms. The number of nitrogens with two attached hydrogens (primary N) is 1. The zero-order chi connectivity index (χ0) is 10.0. The molecule has 82 valence electrons. The van der Waals surface area contributed by atoms with Gasteiger partial charge in [-0.25, -0.2) is 0 Å². The van der Waals surface area contributed by atoms with Gasteiger partial charge in [0.15, 0.2) is 0 Å². The number of hydrogen-bond donors (Lipinski definition) is 1. The standard InChI is InChI=1S/C12H24N2/c1-11-4-8-14(9-5-11)10-12(13)6-2-3-7-12/h11H,2-10,13H2,1H3. The van der Waals surface area contributed by atoms with Crippen molar-refractivity contribution in [2.75, 3.05) is 19.6 Å². The quantitative estimate of drug-likeness (QED) is 0.732. The number of hydrogen-bond acceptors (Lipinski definition) is 2. The van der Waals surface area contributed by atoms with E-state index in [0.717, 1.165) is 12.5 Å². The second-order valence-corrected chi connectivity index (χ2v) is 5.53. The summed E-state index contributed by atoms with van der Waals surface area (Å²) in [5, 5.41) is 0. The Kier molecular flexibility index (Phi) is 3.13. The van der Waals surface area contributed by atoms with Crippen molar-refractivity contribution in [3.05, 3.63) is 0 Å². The van der Waals surface area contributed by atoms with Crippen molar-refractivity contribution in [1.82, 2.24) is 4.90 Å². The average Bonchev–Trinajstić information content (AvgIpc) is 2.57. The molecule has 1 aliphatic heterocycles. The molecule has 0 aromatic carbocycles. The minimum Gasteiger partial charge on any atom is -0.324 e. The molecule has 14 heavy (non-hydrogen) atoms. The van der Waals surface area contributed by atoms with E-state index in [4.69, 9.17) is 5.73 Å². The highest BCUT2D eigenvalue weighted by Crippen LogP contribution is 2.29. The minimum atomic E-state index is 0.167. The zero-order valence-corrected chi connectivity index (χ0v) is 9.47. The van der Waals surface area contributed by atoms with Crippen LogP contribution in [0.1, 0.15) is 45.4 Å². The molecule has 2 aliphatic rings. The lowest BCUT2D eigenvalue weighted by molar-refractivity contribution is 0.154. The lowest BCUT2D eigenvalue weighted by Crippen LogP contribution is -2.50. The van der Waals surface area contributed by atoms with Gasteiger partial charge in [0.1, 0.15) is 0 Å². The Labute approximate surface area is 87.8 Å². The van der Waals surface area contributed by atoms with Gasteiger partial charge in [-0.05, 0) is 44.7 Å². The minimum absolute atomic E-state index is 0.167. The lowest BCUT2D eigenvalue weighted by atomic mass is 9.94. The van der Waals surface area contributed by atoms with Crippen LogP contribution in [0.4, 0.5) is 0 Å². The van der Waals surface area contributed by atoms with Crippen LogP contribution in [-0.4, -0.2) is 30.1 Å². The Morgan fingerprint density at radius 3 is 2.36 bits per heavy atom. The van der Waals surface area contributed by atoms with Crippen molar-refractivity contribution in [3.8, 4) is 0 Å². The van der Waals surface area contributed by atoms with Crippen LogP contribution in [0.15, 0.2) is 0 Å². The van der Waals surface area contributed by atoms with Crippen LogP contribution in [0.25, 0.3) is 0 Å². The smallest absolute Gasteiger partial charge is 0.0283 e. The first-order chi connectivity index (χ1) is 6.68. The Bertz CT molecular complexity index is 177. The molecule has 2 fully saturated rings. The highest BCUT2D eigenvalue weighted by Gasteiger charge is 2.32. The summed E-state index contributed by atoms with van der Waals surface area (Å²) < 4.78 is 0. The molecule has 1 aliphatic carbocycles. The molecule has 0 aromatic heterocycles. The SMILES string of the molecule is CC1CCN(CC2(N)CCCC2)CC1. The van der Waals surface area contributed by atoms with Gasteiger partial charge >= 0.3 is 0 Å². The first kappa shape index (κ1) is 10.4. The maximum absolute atomic E-state index is 6.38. The summed E-state index contributed by atoms with van der Waals surface area (Å²) >= 11 is 0. The van der Waals surface area contributed by atoms with E-state index in [-0.39, 0.29) is 5.54 Å². The molecule has 1 saturated carbocycles. The van der Waals surface area contributed by atoms with Crippen LogP contribution in [-0.2, 0) is 0 Å². The van der Waals surface area contributed by atoms with Gasteiger partial charge in [0.25, 0.3) is 0 Å². The highest BCUT2D eigenvalue weighted by atomic mass is 15.2. The number of rotatable bonds is 2. The van der Waals surface area contributed by atoms with Crippen LogP contribution in [0, 0.1) is 5.92 Å². The lowest BCUT2D eigenvalue weighted by Gasteiger charge is -2.36. The summed E-state index contributed by atoms with van der Waals surface area (Å²) in [6.07, 6.45) is 7.94. The van der Waals surface area contributed by atoms with Gasteiger partial charge in [0, 0.05) is 12.1 Å². The predicted molar refractivity (Wildman–Crippen MR) is 60.2 cm³/mol. The third kappa shape index (κ3) is 2.48. The van der Waals surface area contributed by atoms with Gasteiger partial charge in [0.05, 0.1) is 0 Å². The van der Waals surface area contributed by atoms with Gasteiger partial charge in [0.2, 0.25) is 0 Å². The monoisotopic (exact) mass is 196 g/mol. The highest BCUT2D eigenvalue weighted by molar-refractivity contribution is 4.92. The molecule has 0 amide bonds. The number of nitrogens with zero attached hydrogens (tertiary/aromatic N) is 1. The van der Waals surface area contributed by atoms with E-state index in [1.54, 1.807) is 0 Å². The molecule has 0 aromatic rings. The fourth-order valence-corrected chi connectivity index (χ4v) is 2.90. The second kappa shape index (κ2) is 4.19. The van der Waals surface area contributed by atoms with Crippen LogP contribution in [0.2, 0.25) is 0 Å². The Morgan fingerprint density at radius 1 is 1.21 bits per heavy atom. The van der Waals surface area contributed by atoms with Gasteiger partial charge in [-0.2, -0.15) is 0 Å². The van der Waals surface area contributed by atoms with Gasteiger partial charge in [-0.1, -0.05) is 19.8 Å². The summed E-state index contributed by atoms with van der Waals surface area (Å²) in [7, 11) is 0. The Hall–Kier alpha value is -0.0800. The van der Waals surface area contributed by atoms with Crippen molar-refractivity contribution in [1.29, 1.82) is 0 Å².